The van der Waals surface area contributed by atoms with Crippen molar-refractivity contribution in [1.29, 1.82) is 0 Å². The van der Waals surface area contributed by atoms with E-state index in [4.69, 9.17) is 9.47 Å². The van der Waals surface area contributed by atoms with Crippen LogP contribution in [0.3, 0.4) is 0 Å². The molecule has 1 saturated heterocycles. The van der Waals surface area contributed by atoms with Crippen LogP contribution in [0.25, 0.3) is 0 Å². The average Bonchev–Trinajstić information content (AvgIpc) is 2.63. The highest BCUT2D eigenvalue weighted by Crippen LogP contribution is 2.17. The summed E-state index contributed by atoms with van der Waals surface area (Å²) in [6, 6.07) is 6.50. The molecule has 0 aromatic heterocycles. The predicted molar refractivity (Wildman–Crippen MR) is 103 cm³/mol. The molecule has 1 aromatic rings. The fourth-order valence-electron chi connectivity index (χ4n) is 3.16. The maximum atomic E-state index is 12.4. The van der Waals surface area contributed by atoms with Gasteiger partial charge in [0.2, 0.25) is 10.0 Å². The van der Waals surface area contributed by atoms with E-state index in [1.54, 1.807) is 24.3 Å². The number of nitrogens with one attached hydrogen (secondary N) is 1. The van der Waals surface area contributed by atoms with Gasteiger partial charge in [0.05, 0.1) is 11.5 Å². The van der Waals surface area contributed by atoms with Gasteiger partial charge in [-0.05, 0) is 69.5 Å². The summed E-state index contributed by atoms with van der Waals surface area (Å²) in [7, 11) is -3.47. The lowest BCUT2D eigenvalue weighted by atomic mass is 10.0. The van der Waals surface area contributed by atoms with Crippen molar-refractivity contribution in [2.75, 3.05) is 46.0 Å². The number of benzene rings is 1. The topological polar surface area (TPSA) is 67.9 Å². The van der Waals surface area contributed by atoms with Crippen molar-refractivity contribution in [1.82, 2.24) is 9.62 Å². The summed E-state index contributed by atoms with van der Waals surface area (Å²) >= 11 is 0. The minimum atomic E-state index is -3.47. The first-order valence-electron chi connectivity index (χ1n) is 9.54. The van der Waals surface area contributed by atoms with Gasteiger partial charge in [0, 0.05) is 19.7 Å². The molecule has 1 N–H and O–H groups in total. The molecule has 0 spiro atoms. The molecule has 1 aromatic carbocycles. The lowest BCUT2D eigenvalue weighted by molar-refractivity contribution is 0.110. The second-order valence-electron chi connectivity index (χ2n) is 6.82. The van der Waals surface area contributed by atoms with E-state index < -0.39 is 10.0 Å². The van der Waals surface area contributed by atoms with E-state index in [0.717, 1.165) is 32.0 Å². The summed E-state index contributed by atoms with van der Waals surface area (Å²) in [5.41, 5.74) is 0. The minimum Gasteiger partial charge on any atom is -0.491 e. The van der Waals surface area contributed by atoms with Crippen molar-refractivity contribution in [2.45, 2.75) is 38.0 Å². The molecule has 0 bridgehead atoms. The highest BCUT2D eigenvalue weighted by atomic mass is 32.2. The van der Waals surface area contributed by atoms with Gasteiger partial charge in [-0.3, -0.25) is 0 Å². The van der Waals surface area contributed by atoms with Crippen LogP contribution in [0.2, 0.25) is 0 Å². The van der Waals surface area contributed by atoms with Crippen molar-refractivity contribution >= 4 is 10.0 Å². The largest absolute Gasteiger partial charge is 0.491 e. The van der Waals surface area contributed by atoms with Gasteiger partial charge in [-0.1, -0.05) is 6.92 Å². The van der Waals surface area contributed by atoms with Gasteiger partial charge in [-0.15, -0.1) is 0 Å². The zero-order chi connectivity index (χ0) is 18.8. The van der Waals surface area contributed by atoms with E-state index in [1.807, 2.05) is 6.92 Å². The third-order valence-electron chi connectivity index (χ3n) is 4.52. The van der Waals surface area contributed by atoms with Gasteiger partial charge >= 0.3 is 0 Å². The summed E-state index contributed by atoms with van der Waals surface area (Å²) in [5, 5.41) is 0. The van der Waals surface area contributed by atoms with Crippen molar-refractivity contribution < 1.29 is 17.9 Å². The summed E-state index contributed by atoms with van der Waals surface area (Å²) in [6.07, 6.45) is 3.37. The van der Waals surface area contributed by atoms with Gasteiger partial charge in [-0.2, -0.15) is 0 Å². The number of sulfonamides is 1. The highest BCUT2D eigenvalue weighted by molar-refractivity contribution is 7.89. The van der Waals surface area contributed by atoms with Gasteiger partial charge in [-0.25, -0.2) is 13.1 Å². The molecule has 1 atom stereocenters. The standard InChI is InChI=1S/C19H32N2O4S/c1-3-24-14-15-25-18-7-9-19(10-8-18)26(22,23)20-11-5-13-21-12-4-6-17(2)16-21/h7-10,17,20H,3-6,11-16H2,1-2H3. The van der Waals surface area contributed by atoms with Crippen LogP contribution in [0, 0.1) is 5.92 Å². The number of hydrogen-bond donors (Lipinski definition) is 1. The van der Waals surface area contributed by atoms with Crippen molar-refractivity contribution in [3.05, 3.63) is 24.3 Å². The van der Waals surface area contributed by atoms with Crippen LogP contribution in [0.5, 0.6) is 5.75 Å². The smallest absolute Gasteiger partial charge is 0.240 e. The molecular weight excluding hydrogens is 352 g/mol. The van der Waals surface area contributed by atoms with E-state index in [2.05, 4.69) is 16.5 Å². The average molecular weight is 385 g/mol. The molecule has 0 radical (unpaired) electrons. The maximum Gasteiger partial charge on any atom is 0.240 e. The Bertz CT molecular complexity index is 619. The Morgan fingerprint density at radius 1 is 1.23 bits per heavy atom. The van der Waals surface area contributed by atoms with Gasteiger partial charge in [0.1, 0.15) is 12.4 Å². The molecule has 2 rings (SSSR count). The fraction of sp³-hybridized carbons (Fsp3) is 0.684. The zero-order valence-electron chi connectivity index (χ0n) is 15.9. The number of hydrogen-bond acceptors (Lipinski definition) is 5. The molecule has 7 heteroatoms. The number of piperidine rings is 1. The van der Waals surface area contributed by atoms with E-state index in [-0.39, 0.29) is 4.90 Å². The maximum absolute atomic E-state index is 12.4. The Morgan fingerprint density at radius 2 is 2.00 bits per heavy atom. The first kappa shape index (κ1) is 21.2. The number of ether oxygens (including phenoxy) is 2. The molecule has 1 unspecified atom stereocenters. The Labute approximate surface area is 157 Å². The first-order valence-corrected chi connectivity index (χ1v) is 11.0. The number of rotatable bonds is 11. The van der Waals surface area contributed by atoms with Crippen molar-refractivity contribution in [3.63, 3.8) is 0 Å². The highest BCUT2D eigenvalue weighted by Gasteiger charge is 2.17. The van der Waals surface area contributed by atoms with E-state index in [1.165, 1.54) is 12.8 Å². The fourth-order valence-corrected chi connectivity index (χ4v) is 4.23. The molecule has 1 aliphatic rings. The van der Waals surface area contributed by atoms with Crippen LogP contribution < -0.4 is 9.46 Å². The molecule has 26 heavy (non-hydrogen) atoms. The third-order valence-corrected chi connectivity index (χ3v) is 6.00. The van der Waals surface area contributed by atoms with Crippen LogP contribution in [0.15, 0.2) is 29.2 Å². The summed E-state index contributed by atoms with van der Waals surface area (Å²) in [5.74, 6) is 1.39. The molecule has 0 amide bonds. The molecule has 1 fully saturated rings. The SMILES string of the molecule is CCOCCOc1ccc(S(=O)(=O)NCCCN2CCCC(C)C2)cc1. The normalized spacial score (nSPS) is 18.8. The van der Waals surface area contributed by atoms with E-state index >= 15 is 0 Å². The van der Waals surface area contributed by atoms with Crippen LogP contribution in [-0.2, 0) is 14.8 Å². The van der Waals surface area contributed by atoms with Crippen LogP contribution >= 0.6 is 0 Å². The molecule has 148 valence electrons. The zero-order valence-corrected chi connectivity index (χ0v) is 16.8. The summed E-state index contributed by atoms with van der Waals surface area (Å²) in [6.45, 7) is 9.49. The van der Waals surface area contributed by atoms with Crippen LogP contribution in [0.4, 0.5) is 0 Å². The molecule has 1 heterocycles. The number of likely N-dealkylation sites (tertiary alicyclic amines) is 1. The second-order valence-corrected chi connectivity index (χ2v) is 8.58. The predicted octanol–water partition coefficient (Wildman–Crippen LogP) is 2.50. The van der Waals surface area contributed by atoms with Crippen molar-refractivity contribution in [3.8, 4) is 5.75 Å². The summed E-state index contributed by atoms with van der Waals surface area (Å²) < 4.78 is 38.1. The summed E-state index contributed by atoms with van der Waals surface area (Å²) in [4.78, 5) is 2.69. The van der Waals surface area contributed by atoms with Crippen LogP contribution in [-0.4, -0.2) is 59.3 Å². The monoisotopic (exact) mass is 384 g/mol. The molecule has 0 saturated carbocycles. The molecule has 6 nitrogen and oxygen atoms in total. The quantitative estimate of drug-likeness (QED) is 0.594. The Hall–Kier alpha value is -1.15. The van der Waals surface area contributed by atoms with Gasteiger partial charge < -0.3 is 14.4 Å². The minimum absolute atomic E-state index is 0.265. The Morgan fingerprint density at radius 3 is 2.69 bits per heavy atom. The molecule has 0 aliphatic carbocycles. The third kappa shape index (κ3) is 7.23. The van der Waals surface area contributed by atoms with Crippen LogP contribution in [0.1, 0.15) is 33.1 Å². The Balaban J connectivity index is 1.72. The number of nitrogens with zero attached hydrogens (tertiary/aromatic N) is 1. The lowest BCUT2D eigenvalue weighted by Crippen LogP contribution is -2.36. The first-order chi connectivity index (χ1) is 12.5. The molecular formula is C19H32N2O4S. The second kappa shape index (κ2) is 10.9. The van der Waals surface area contributed by atoms with E-state index in [0.29, 0.717) is 32.1 Å². The van der Waals surface area contributed by atoms with E-state index in [9.17, 15) is 8.42 Å². The molecule has 1 aliphatic heterocycles. The Kier molecular flexibility index (Phi) is 8.84. The van der Waals surface area contributed by atoms with Crippen molar-refractivity contribution in [2.24, 2.45) is 5.92 Å². The lowest BCUT2D eigenvalue weighted by Gasteiger charge is -2.30. The van der Waals surface area contributed by atoms with Gasteiger partial charge in [0.25, 0.3) is 0 Å². The van der Waals surface area contributed by atoms with Gasteiger partial charge in [0.15, 0.2) is 0 Å².